The Hall–Kier alpha value is -6.64. The Labute approximate surface area is 328 Å². The van der Waals surface area contributed by atoms with E-state index in [0.717, 1.165) is 5.69 Å². The van der Waals surface area contributed by atoms with E-state index < -0.39 is 0 Å². The molecule has 0 unspecified atom stereocenters. The normalized spacial score (nSPS) is 11.8. The van der Waals surface area contributed by atoms with E-state index in [1.54, 1.807) is 0 Å². The molecule has 0 atom stereocenters. The van der Waals surface area contributed by atoms with E-state index in [-0.39, 0.29) is 0 Å². The number of hydrogen-bond acceptors (Lipinski definition) is 0. The molecule has 0 N–H and O–H groups in total. The van der Waals surface area contributed by atoms with E-state index in [0.29, 0.717) is 0 Å². The molecule has 10 aromatic rings. The second-order valence-corrected chi connectivity index (χ2v) is 15.8. The van der Waals surface area contributed by atoms with Gasteiger partial charge in [-0.25, -0.2) is 0 Å². The minimum Gasteiger partial charge on any atom is -0.309 e. The third-order valence-corrected chi connectivity index (χ3v) is 11.8. The molecule has 2 aromatic heterocycles. The number of rotatable bonds is 5. The number of aromatic nitrogens is 2. The molecular weight excluding hydrogens is 677 g/mol. The molecule has 0 saturated heterocycles. The lowest BCUT2D eigenvalue weighted by Crippen LogP contribution is -1.95. The van der Waals surface area contributed by atoms with Crippen LogP contribution in [0.3, 0.4) is 0 Å². The van der Waals surface area contributed by atoms with Gasteiger partial charge in [0.2, 0.25) is 0 Å². The van der Waals surface area contributed by atoms with Crippen molar-refractivity contribution in [2.24, 2.45) is 0 Å². The van der Waals surface area contributed by atoms with Gasteiger partial charge in [-0.15, -0.1) is 0 Å². The lowest BCUT2D eigenvalue weighted by atomic mass is 9.93. The summed E-state index contributed by atoms with van der Waals surface area (Å²) in [6.45, 7) is 13.3. The maximum atomic E-state index is 2.44. The molecule has 0 aliphatic rings. The Morgan fingerprint density at radius 1 is 0.286 bits per heavy atom. The van der Waals surface area contributed by atoms with Gasteiger partial charge in [0.25, 0.3) is 0 Å². The van der Waals surface area contributed by atoms with Crippen LogP contribution >= 0.6 is 0 Å². The fourth-order valence-corrected chi connectivity index (χ4v) is 9.72. The summed E-state index contributed by atoms with van der Waals surface area (Å²) in [6, 6.07) is 58.9. The summed E-state index contributed by atoms with van der Waals surface area (Å²) in [5, 5.41) is 5.05. The highest BCUT2D eigenvalue weighted by atomic mass is 15.0. The zero-order valence-electron chi connectivity index (χ0n) is 32.9. The molecule has 0 aliphatic heterocycles. The second kappa shape index (κ2) is 13.0. The smallest absolute Gasteiger partial charge is 0.0541 e. The molecule has 0 spiro atoms. The second-order valence-electron chi connectivity index (χ2n) is 15.8. The molecule has 0 aliphatic carbocycles. The van der Waals surface area contributed by atoms with Gasteiger partial charge in [0.15, 0.2) is 0 Å². The van der Waals surface area contributed by atoms with Crippen LogP contribution < -0.4 is 0 Å². The Balaban J connectivity index is 1.15. The number of para-hydroxylation sites is 2. The van der Waals surface area contributed by atoms with Crippen molar-refractivity contribution in [3.05, 3.63) is 191 Å². The van der Waals surface area contributed by atoms with Crippen molar-refractivity contribution in [3.8, 4) is 44.8 Å². The molecule has 2 heterocycles. The average molecular weight is 721 g/mol. The standard InChI is InChI=1S/C54H44N2/c1-33-25-35(3)53(36(4)26-33)41-20-23-50-46(31-41)45-17-10-11-18-49(45)56(50)44-16-12-13-39(29-44)40-19-22-51-47(30-40)48-32-42(54-37(5)27-34(2)28-38(54)6)21-24-52(48)55(51)43-14-8-7-9-15-43/h7-32H,1-6H3. The van der Waals surface area contributed by atoms with Crippen LogP contribution in [0.25, 0.3) is 88.4 Å². The SMILES string of the molecule is Cc1cc(C)c(-c2ccc3c(c2)c2ccccc2n3-c2cccc(-c3ccc4c(c3)c3cc(-c5c(C)cc(C)cc5C)ccc3n4-c3ccccc3)c2)c(C)c1. The van der Waals surface area contributed by atoms with Crippen molar-refractivity contribution in [2.45, 2.75) is 41.5 Å². The van der Waals surface area contributed by atoms with Crippen LogP contribution in [0, 0.1) is 41.5 Å². The first kappa shape index (κ1) is 33.9. The van der Waals surface area contributed by atoms with Crippen LogP contribution in [0.1, 0.15) is 33.4 Å². The van der Waals surface area contributed by atoms with Gasteiger partial charge < -0.3 is 9.13 Å². The fourth-order valence-electron chi connectivity index (χ4n) is 9.72. The number of nitrogens with zero attached hydrogens (tertiary/aromatic N) is 2. The molecule has 270 valence electrons. The fraction of sp³-hybridized carbons (Fsp3) is 0.111. The lowest BCUT2D eigenvalue weighted by molar-refractivity contribution is 1.18. The zero-order chi connectivity index (χ0) is 38.2. The number of benzene rings is 8. The van der Waals surface area contributed by atoms with Crippen molar-refractivity contribution in [1.82, 2.24) is 9.13 Å². The number of aryl methyl sites for hydroxylation is 6. The van der Waals surface area contributed by atoms with E-state index in [4.69, 9.17) is 0 Å². The van der Waals surface area contributed by atoms with E-state index in [1.807, 2.05) is 0 Å². The third kappa shape index (κ3) is 5.39. The van der Waals surface area contributed by atoms with Gasteiger partial charge in [-0.1, -0.05) is 102 Å². The molecule has 0 amide bonds. The molecule has 0 radical (unpaired) electrons. The topological polar surface area (TPSA) is 9.86 Å². The largest absolute Gasteiger partial charge is 0.309 e. The summed E-state index contributed by atoms with van der Waals surface area (Å²) in [5.41, 5.74) is 22.6. The Kier molecular flexibility index (Phi) is 7.87. The van der Waals surface area contributed by atoms with Crippen molar-refractivity contribution in [3.63, 3.8) is 0 Å². The summed E-state index contributed by atoms with van der Waals surface area (Å²) >= 11 is 0. The molecule has 0 bridgehead atoms. The van der Waals surface area contributed by atoms with Crippen molar-refractivity contribution < 1.29 is 0 Å². The van der Waals surface area contributed by atoms with Gasteiger partial charge in [-0.2, -0.15) is 0 Å². The van der Waals surface area contributed by atoms with Crippen molar-refractivity contribution >= 4 is 43.6 Å². The first-order chi connectivity index (χ1) is 27.2. The quantitative estimate of drug-likeness (QED) is 0.168. The third-order valence-electron chi connectivity index (χ3n) is 11.8. The van der Waals surface area contributed by atoms with Gasteiger partial charge in [0.05, 0.1) is 22.1 Å². The molecule has 10 rings (SSSR count). The minimum atomic E-state index is 1.16. The zero-order valence-corrected chi connectivity index (χ0v) is 32.9. The van der Waals surface area contributed by atoms with Gasteiger partial charge in [0, 0.05) is 32.9 Å². The van der Waals surface area contributed by atoms with E-state index >= 15 is 0 Å². The number of fused-ring (bicyclic) bond motifs is 6. The highest BCUT2D eigenvalue weighted by molar-refractivity contribution is 6.12. The van der Waals surface area contributed by atoms with Crippen LogP contribution in [0.4, 0.5) is 0 Å². The number of hydrogen-bond donors (Lipinski definition) is 0. The van der Waals surface area contributed by atoms with Gasteiger partial charge in [0.1, 0.15) is 0 Å². The van der Waals surface area contributed by atoms with Crippen molar-refractivity contribution in [2.75, 3.05) is 0 Å². The van der Waals surface area contributed by atoms with E-state index in [9.17, 15) is 0 Å². The first-order valence-corrected chi connectivity index (χ1v) is 19.7. The van der Waals surface area contributed by atoms with Crippen molar-refractivity contribution in [1.29, 1.82) is 0 Å². The summed E-state index contributed by atoms with van der Waals surface area (Å²) in [7, 11) is 0. The van der Waals surface area contributed by atoms with Crippen LogP contribution in [-0.4, -0.2) is 9.13 Å². The summed E-state index contributed by atoms with van der Waals surface area (Å²) in [5.74, 6) is 0. The molecule has 8 aromatic carbocycles. The minimum absolute atomic E-state index is 1.16. The highest BCUT2D eigenvalue weighted by Gasteiger charge is 2.18. The maximum absolute atomic E-state index is 2.44. The summed E-state index contributed by atoms with van der Waals surface area (Å²) in [4.78, 5) is 0. The molecule has 56 heavy (non-hydrogen) atoms. The first-order valence-electron chi connectivity index (χ1n) is 19.7. The van der Waals surface area contributed by atoms with Crippen LogP contribution in [0.2, 0.25) is 0 Å². The Morgan fingerprint density at radius 3 is 1.27 bits per heavy atom. The van der Waals surface area contributed by atoms with E-state index in [2.05, 4.69) is 208 Å². The molecule has 0 saturated carbocycles. The van der Waals surface area contributed by atoms with Gasteiger partial charge in [-0.3, -0.25) is 0 Å². The highest BCUT2D eigenvalue weighted by Crippen LogP contribution is 2.40. The predicted molar refractivity (Wildman–Crippen MR) is 240 cm³/mol. The molecule has 2 heteroatoms. The van der Waals surface area contributed by atoms with Crippen LogP contribution in [0.15, 0.2) is 158 Å². The van der Waals surface area contributed by atoms with Crippen LogP contribution in [0.5, 0.6) is 0 Å². The molecule has 2 nitrogen and oxygen atoms in total. The predicted octanol–water partition coefficient (Wildman–Crippen LogP) is 14.7. The summed E-state index contributed by atoms with van der Waals surface area (Å²) in [6.07, 6.45) is 0. The maximum Gasteiger partial charge on any atom is 0.0541 e. The Morgan fingerprint density at radius 2 is 0.696 bits per heavy atom. The monoisotopic (exact) mass is 720 g/mol. The van der Waals surface area contributed by atoms with Gasteiger partial charge in [-0.05, 0) is 164 Å². The molecule has 0 fully saturated rings. The lowest BCUT2D eigenvalue weighted by Gasteiger charge is -2.13. The summed E-state index contributed by atoms with van der Waals surface area (Å²) < 4.78 is 4.85. The van der Waals surface area contributed by atoms with E-state index in [1.165, 1.54) is 116 Å². The molecular formula is C54H44N2. The Bertz CT molecular complexity index is 3140. The van der Waals surface area contributed by atoms with Crippen LogP contribution in [-0.2, 0) is 0 Å². The van der Waals surface area contributed by atoms with Gasteiger partial charge >= 0.3 is 0 Å². The average Bonchev–Trinajstić information content (AvgIpc) is 3.69.